The summed E-state index contributed by atoms with van der Waals surface area (Å²) in [5.74, 6) is -1.05. The zero-order valence-electron chi connectivity index (χ0n) is 26.3. The second kappa shape index (κ2) is 12.9. The number of ether oxygens (including phenoxy) is 3. The van der Waals surface area contributed by atoms with Crippen molar-refractivity contribution >= 4 is 14.3 Å². The molecule has 0 aromatic heterocycles. The second-order valence-corrected chi connectivity index (χ2v) is 18.8. The van der Waals surface area contributed by atoms with Crippen molar-refractivity contribution in [3.63, 3.8) is 0 Å². The average molecular weight is 570 g/mol. The maximum absolute atomic E-state index is 13.4. The number of esters is 1. The highest BCUT2D eigenvalue weighted by molar-refractivity contribution is 6.74. The van der Waals surface area contributed by atoms with Gasteiger partial charge in [-0.2, -0.15) is 0 Å². The molecule has 3 atom stereocenters. The van der Waals surface area contributed by atoms with Crippen LogP contribution in [0.3, 0.4) is 0 Å². The minimum absolute atomic E-state index is 0.0695. The molecule has 40 heavy (non-hydrogen) atoms. The van der Waals surface area contributed by atoms with E-state index in [-0.39, 0.29) is 35.7 Å². The van der Waals surface area contributed by atoms with Crippen LogP contribution >= 0.6 is 0 Å². The van der Waals surface area contributed by atoms with E-state index in [1.54, 1.807) is 0 Å². The Morgan fingerprint density at radius 1 is 0.900 bits per heavy atom. The summed E-state index contributed by atoms with van der Waals surface area (Å²) in [5.41, 5.74) is 1.75. The van der Waals surface area contributed by atoms with Gasteiger partial charge in [0.05, 0.1) is 13.0 Å². The van der Waals surface area contributed by atoms with E-state index in [9.17, 15) is 4.79 Å². The van der Waals surface area contributed by atoms with Crippen LogP contribution < -0.4 is 0 Å². The molecule has 6 nitrogen and oxygen atoms in total. The van der Waals surface area contributed by atoms with E-state index in [4.69, 9.17) is 18.6 Å². The third-order valence-corrected chi connectivity index (χ3v) is 12.2. The summed E-state index contributed by atoms with van der Waals surface area (Å²) in [6.45, 7) is 22.5. The molecule has 7 heteroatoms. The maximum Gasteiger partial charge on any atom is 0.308 e. The minimum Gasteiger partial charge on any atom is -0.460 e. The van der Waals surface area contributed by atoms with Crippen LogP contribution in [0.5, 0.6) is 0 Å². The normalized spacial score (nSPS) is 20.5. The number of benzene rings is 2. The number of carbonyl (C=O) groups excluding carboxylic acids is 1. The highest BCUT2D eigenvalue weighted by Crippen LogP contribution is 2.39. The maximum atomic E-state index is 13.4. The first-order valence-electron chi connectivity index (χ1n) is 14.5. The van der Waals surface area contributed by atoms with Crippen molar-refractivity contribution in [2.75, 3.05) is 6.61 Å². The van der Waals surface area contributed by atoms with E-state index >= 15 is 0 Å². The SMILES string of the molecule is CC(C)(C)OC(=O)C[C@H]([C@@H]1OC(C)(C)O[C@H]1CO[Si](C)(C)C(C)(C)C)N(Cc1ccccc1)Cc1ccccc1. The van der Waals surface area contributed by atoms with Gasteiger partial charge in [0.15, 0.2) is 14.1 Å². The van der Waals surface area contributed by atoms with E-state index in [1.165, 1.54) is 11.1 Å². The van der Waals surface area contributed by atoms with Gasteiger partial charge >= 0.3 is 5.97 Å². The minimum atomic E-state index is -2.04. The zero-order valence-corrected chi connectivity index (χ0v) is 27.3. The lowest BCUT2D eigenvalue weighted by Crippen LogP contribution is -2.51. The Morgan fingerprint density at radius 2 is 1.40 bits per heavy atom. The Labute approximate surface area is 243 Å². The van der Waals surface area contributed by atoms with Crippen LogP contribution in [-0.4, -0.2) is 55.4 Å². The number of carbonyl (C=O) groups is 1. The van der Waals surface area contributed by atoms with Crippen LogP contribution in [0.1, 0.15) is 72.9 Å². The molecule has 0 N–H and O–H groups in total. The van der Waals surface area contributed by atoms with Gasteiger partial charge in [-0.15, -0.1) is 0 Å². The van der Waals surface area contributed by atoms with Crippen molar-refractivity contribution < 1.29 is 23.4 Å². The molecule has 1 heterocycles. The second-order valence-electron chi connectivity index (χ2n) is 13.9. The van der Waals surface area contributed by atoms with Gasteiger partial charge in [0, 0.05) is 19.1 Å². The highest BCUT2D eigenvalue weighted by atomic mass is 28.4. The van der Waals surface area contributed by atoms with E-state index < -0.39 is 19.7 Å². The van der Waals surface area contributed by atoms with Gasteiger partial charge in [-0.3, -0.25) is 9.69 Å². The van der Waals surface area contributed by atoms with E-state index in [1.807, 2.05) is 71.0 Å². The Balaban J connectivity index is 2.00. The number of nitrogens with zero attached hydrogens (tertiary/aromatic N) is 1. The number of hydrogen-bond acceptors (Lipinski definition) is 6. The molecule has 0 saturated carbocycles. The molecule has 2 aromatic rings. The molecule has 2 aromatic carbocycles. The molecule has 3 rings (SSSR count). The van der Waals surface area contributed by atoms with Crippen LogP contribution in [0, 0.1) is 0 Å². The Hall–Kier alpha value is -2.03. The molecule has 0 unspecified atom stereocenters. The summed E-state index contributed by atoms with van der Waals surface area (Å²) in [6.07, 6.45) is -0.539. The summed E-state index contributed by atoms with van der Waals surface area (Å²) in [5, 5.41) is 0.0695. The summed E-state index contributed by atoms with van der Waals surface area (Å²) in [7, 11) is -2.04. The average Bonchev–Trinajstić information content (AvgIpc) is 3.14. The fourth-order valence-corrected chi connectivity index (χ4v) is 5.77. The third kappa shape index (κ3) is 9.52. The van der Waals surface area contributed by atoms with Gasteiger partial charge in [0.25, 0.3) is 0 Å². The molecule has 0 radical (unpaired) electrons. The van der Waals surface area contributed by atoms with Crippen molar-refractivity contribution in [3.05, 3.63) is 71.8 Å². The molecule has 1 saturated heterocycles. The van der Waals surface area contributed by atoms with Gasteiger partial charge in [-0.25, -0.2) is 0 Å². The van der Waals surface area contributed by atoms with Crippen LogP contribution in [0.2, 0.25) is 18.1 Å². The first-order chi connectivity index (χ1) is 18.5. The monoisotopic (exact) mass is 569 g/mol. The Bertz CT molecular complexity index is 1030. The smallest absolute Gasteiger partial charge is 0.308 e. The fraction of sp³-hybridized carbons (Fsp3) is 0.606. The Kier molecular flexibility index (Phi) is 10.4. The van der Waals surface area contributed by atoms with Crippen LogP contribution in [0.25, 0.3) is 0 Å². The lowest BCUT2D eigenvalue weighted by Gasteiger charge is -2.39. The summed E-state index contributed by atoms with van der Waals surface area (Å²) in [4.78, 5) is 15.7. The first kappa shape index (κ1) is 32.5. The Morgan fingerprint density at radius 3 is 1.85 bits per heavy atom. The molecule has 1 fully saturated rings. The molecule has 0 aliphatic carbocycles. The highest BCUT2D eigenvalue weighted by Gasteiger charge is 2.49. The van der Waals surface area contributed by atoms with Crippen LogP contribution in [0.15, 0.2) is 60.7 Å². The molecule has 1 aliphatic heterocycles. The zero-order chi connectivity index (χ0) is 29.8. The van der Waals surface area contributed by atoms with Crippen molar-refractivity contribution in [2.45, 2.75) is 123 Å². The topological polar surface area (TPSA) is 57.2 Å². The van der Waals surface area contributed by atoms with Gasteiger partial charge < -0.3 is 18.6 Å². The van der Waals surface area contributed by atoms with Gasteiger partial charge in [-0.1, -0.05) is 81.4 Å². The lowest BCUT2D eigenvalue weighted by atomic mass is 9.98. The third-order valence-electron chi connectivity index (χ3n) is 7.74. The summed E-state index contributed by atoms with van der Waals surface area (Å²) in [6, 6.07) is 20.4. The van der Waals surface area contributed by atoms with Crippen molar-refractivity contribution in [1.29, 1.82) is 0 Å². The summed E-state index contributed by atoms with van der Waals surface area (Å²) < 4.78 is 25.6. The molecular formula is C33H51NO5Si. The quantitative estimate of drug-likeness (QED) is 0.209. The number of hydrogen-bond donors (Lipinski definition) is 0. The van der Waals surface area contributed by atoms with Gasteiger partial charge in [-0.05, 0) is 63.9 Å². The van der Waals surface area contributed by atoms with Gasteiger partial charge in [0.1, 0.15) is 17.8 Å². The van der Waals surface area contributed by atoms with Crippen LogP contribution in [0.4, 0.5) is 0 Å². The van der Waals surface area contributed by atoms with Crippen LogP contribution in [-0.2, 0) is 36.5 Å². The van der Waals surface area contributed by atoms with E-state index in [2.05, 4.69) is 63.0 Å². The van der Waals surface area contributed by atoms with Crippen molar-refractivity contribution in [3.8, 4) is 0 Å². The first-order valence-corrected chi connectivity index (χ1v) is 17.4. The number of rotatable bonds is 11. The molecule has 1 aliphatic rings. The predicted octanol–water partition coefficient (Wildman–Crippen LogP) is 7.33. The van der Waals surface area contributed by atoms with Gasteiger partial charge in [0.2, 0.25) is 0 Å². The molecule has 222 valence electrons. The molecule has 0 bridgehead atoms. The lowest BCUT2D eigenvalue weighted by molar-refractivity contribution is -0.164. The molecule has 0 spiro atoms. The summed E-state index contributed by atoms with van der Waals surface area (Å²) >= 11 is 0. The van der Waals surface area contributed by atoms with Crippen molar-refractivity contribution in [2.24, 2.45) is 0 Å². The fourth-order valence-electron chi connectivity index (χ4n) is 4.76. The largest absolute Gasteiger partial charge is 0.460 e. The van der Waals surface area contributed by atoms with E-state index in [0.717, 1.165) is 0 Å². The molecule has 0 amide bonds. The standard InChI is InChI=1S/C33H51NO5Si/c1-31(2,3)38-29(35)21-27(30-28(37-33(7,8)39-30)24-36-40(9,10)32(4,5)6)34(22-25-17-13-11-14-18-25)23-26-19-15-12-16-20-26/h11-20,27-28,30H,21-24H2,1-10H3/t27-,28+,30+/m1/s1. The van der Waals surface area contributed by atoms with Crippen molar-refractivity contribution in [1.82, 2.24) is 4.90 Å². The van der Waals surface area contributed by atoms with E-state index in [0.29, 0.717) is 19.7 Å². The predicted molar refractivity (Wildman–Crippen MR) is 163 cm³/mol. The molecular weight excluding hydrogens is 518 g/mol.